The Morgan fingerprint density at radius 3 is 2.72 bits per heavy atom. The van der Waals surface area contributed by atoms with E-state index >= 15 is 0 Å². The van der Waals surface area contributed by atoms with E-state index in [-0.39, 0.29) is 11.9 Å². The maximum Gasteiger partial charge on any atom is 0.253 e. The number of carbonyl (C=O) groups excluding carboxylic acids is 1. The number of furan rings is 1. The lowest BCUT2D eigenvalue weighted by atomic mass is 10.2. The number of amides is 1. The van der Waals surface area contributed by atoms with Crippen molar-refractivity contribution in [2.45, 2.75) is 26.8 Å². The zero-order chi connectivity index (χ0) is 20.5. The van der Waals surface area contributed by atoms with Gasteiger partial charge in [0, 0.05) is 23.0 Å². The van der Waals surface area contributed by atoms with Gasteiger partial charge in [0.25, 0.3) is 5.91 Å². The first-order valence-corrected chi connectivity index (χ1v) is 9.47. The van der Waals surface area contributed by atoms with Crippen LogP contribution in [0.1, 0.15) is 40.5 Å². The van der Waals surface area contributed by atoms with E-state index in [4.69, 9.17) is 9.15 Å². The van der Waals surface area contributed by atoms with Crippen molar-refractivity contribution in [3.63, 3.8) is 0 Å². The number of nitrogens with zero attached hydrogens (tertiary/aromatic N) is 2. The molecule has 4 aromatic rings. The summed E-state index contributed by atoms with van der Waals surface area (Å²) in [6.45, 7) is 5.79. The van der Waals surface area contributed by atoms with E-state index in [1.54, 1.807) is 13.3 Å². The fraction of sp³-hybridized carbons (Fsp3) is 0.217. The second kappa shape index (κ2) is 7.47. The highest BCUT2D eigenvalue weighted by atomic mass is 16.5. The Bertz CT molecular complexity index is 1180. The molecule has 3 aromatic heterocycles. The highest BCUT2D eigenvalue weighted by Crippen LogP contribution is 2.31. The molecule has 6 nitrogen and oxygen atoms in total. The predicted octanol–water partition coefficient (Wildman–Crippen LogP) is 4.73. The number of aromatic nitrogens is 2. The van der Waals surface area contributed by atoms with Crippen LogP contribution >= 0.6 is 0 Å². The van der Waals surface area contributed by atoms with Gasteiger partial charge in [0.1, 0.15) is 11.6 Å². The molecule has 0 radical (unpaired) electrons. The Morgan fingerprint density at radius 1 is 1.17 bits per heavy atom. The molecule has 1 atom stereocenters. The third-order valence-electron chi connectivity index (χ3n) is 5.08. The molecule has 3 heterocycles. The number of hydrogen-bond donors (Lipinski definition) is 1. The number of hydrogen-bond acceptors (Lipinski definition) is 4. The van der Waals surface area contributed by atoms with E-state index in [1.807, 2.05) is 73.9 Å². The molecule has 0 fully saturated rings. The molecule has 0 bridgehead atoms. The maximum atomic E-state index is 13.0. The maximum absolute atomic E-state index is 13.0. The third-order valence-corrected chi connectivity index (χ3v) is 5.08. The van der Waals surface area contributed by atoms with Crippen molar-refractivity contribution in [3.05, 3.63) is 77.4 Å². The van der Waals surface area contributed by atoms with E-state index in [0.29, 0.717) is 22.7 Å². The van der Waals surface area contributed by atoms with Crippen molar-refractivity contribution in [2.24, 2.45) is 0 Å². The molecule has 29 heavy (non-hydrogen) atoms. The molecule has 0 aliphatic rings. The molecule has 1 amide bonds. The van der Waals surface area contributed by atoms with Crippen LogP contribution in [0.15, 0.2) is 59.1 Å². The van der Waals surface area contributed by atoms with Gasteiger partial charge in [0.15, 0.2) is 11.3 Å². The number of methoxy groups -OCH3 is 1. The molecule has 1 aromatic carbocycles. The first kappa shape index (κ1) is 18.8. The molecule has 148 valence electrons. The normalized spacial score (nSPS) is 12.1. The van der Waals surface area contributed by atoms with E-state index in [2.05, 4.69) is 10.3 Å². The van der Waals surface area contributed by atoms with Crippen molar-refractivity contribution in [1.82, 2.24) is 14.9 Å². The summed E-state index contributed by atoms with van der Waals surface area (Å²) in [5, 5.41) is 3.98. The fourth-order valence-electron chi connectivity index (χ4n) is 3.61. The number of fused-ring (bicyclic) bond motifs is 1. The van der Waals surface area contributed by atoms with Gasteiger partial charge in [0.2, 0.25) is 0 Å². The Balaban J connectivity index is 1.60. The van der Waals surface area contributed by atoms with Crippen molar-refractivity contribution in [1.29, 1.82) is 0 Å². The molecular weight excluding hydrogens is 366 g/mol. The van der Waals surface area contributed by atoms with Gasteiger partial charge in [-0.2, -0.15) is 0 Å². The number of rotatable bonds is 5. The predicted molar refractivity (Wildman–Crippen MR) is 112 cm³/mol. The second-order valence-corrected chi connectivity index (χ2v) is 7.03. The summed E-state index contributed by atoms with van der Waals surface area (Å²) in [6, 6.07) is 15.0. The smallest absolute Gasteiger partial charge is 0.253 e. The lowest BCUT2D eigenvalue weighted by Gasteiger charge is -2.12. The lowest BCUT2D eigenvalue weighted by Crippen LogP contribution is -2.26. The molecule has 0 aliphatic carbocycles. The van der Waals surface area contributed by atoms with Crippen LogP contribution in [-0.2, 0) is 0 Å². The molecular formula is C23H23N3O3. The van der Waals surface area contributed by atoms with Gasteiger partial charge >= 0.3 is 0 Å². The summed E-state index contributed by atoms with van der Waals surface area (Å²) >= 11 is 0. The van der Waals surface area contributed by atoms with Crippen LogP contribution in [0.4, 0.5) is 0 Å². The first-order chi connectivity index (χ1) is 14.0. The Morgan fingerprint density at radius 2 is 2.00 bits per heavy atom. The summed E-state index contributed by atoms with van der Waals surface area (Å²) in [5.74, 6) is 1.99. The zero-order valence-electron chi connectivity index (χ0n) is 16.9. The van der Waals surface area contributed by atoms with Crippen LogP contribution in [0.5, 0.6) is 5.75 Å². The van der Waals surface area contributed by atoms with Crippen LogP contribution in [0, 0.1) is 13.8 Å². The zero-order valence-corrected chi connectivity index (χ0v) is 16.9. The van der Waals surface area contributed by atoms with Crippen LogP contribution in [0.3, 0.4) is 0 Å². The average molecular weight is 389 g/mol. The summed E-state index contributed by atoms with van der Waals surface area (Å²) in [6.07, 6.45) is 1.74. The van der Waals surface area contributed by atoms with Gasteiger partial charge in [0.05, 0.1) is 18.7 Å². The van der Waals surface area contributed by atoms with Gasteiger partial charge in [-0.1, -0.05) is 18.2 Å². The molecule has 1 unspecified atom stereocenters. The lowest BCUT2D eigenvalue weighted by molar-refractivity contribution is 0.0935. The SMILES string of the molecule is COc1cccc2cc(C(C)NC(=O)c3cc(C)n(-c4ccccn4)c3C)oc12. The number of aryl methyl sites for hydroxylation is 1. The minimum atomic E-state index is -0.294. The van der Waals surface area contributed by atoms with E-state index in [0.717, 1.165) is 22.6 Å². The molecule has 0 saturated heterocycles. The van der Waals surface area contributed by atoms with Crippen LogP contribution < -0.4 is 10.1 Å². The van der Waals surface area contributed by atoms with E-state index in [1.165, 1.54) is 0 Å². The van der Waals surface area contributed by atoms with Gasteiger partial charge < -0.3 is 19.0 Å². The van der Waals surface area contributed by atoms with Crippen LogP contribution in [0.2, 0.25) is 0 Å². The third kappa shape index (κ3) is 3.38. The Labute approximate surface area is 169 Å². The number of nitrogens with one attached hydrogen (secondary N) is 1. The van der Waals surface area contributed by atoms with Gasteiger partial charge in [-0.15, -0.1) is 0 Å². The molecule has 1 N–H and O–H groups in total. The Hall–Kier alpha value is -3.54. The van der Waals surface area contributed by atoms with Crippen molar-refractivity contribution in [2.75, 3.05) is 7.11 Å². The topological polar surface area (TPSA) is 69.3 Å². The van der Waals surface area contributed by atoms with E-state index < -0.39 is 0 Å². The second-order valence-electron chi connectivity index (χ2n) is 7.03. The van der Waals surface area contributed by atoms with Gasteiger partial charge in [-0.25, -0.2) is 4.98 Å². The number of pyridine rings is 1. The molecule has 0 aliphatic heterocycles. The molecule has 6 heteroatoms. The largest absolute Gasteiger partial charge is 0.493 e. The molecule has 0 spiro atoms. The van der Waals surface area contributed by atoms with Crippen LogP contribution in [-0.4, -0.2) is 22.6 Å². The van der Waals surface area contributed by atoms with E-state index in [9.17, 15) is 4.79 Å². The number of carbonyl (C=O) groups is 1. The van der Waals surface area contributed by atoms with Crippen molar-refractivity contribution < 1.29 is 13.9 Å². The Kier molecular flexibility index (Phi) is 4.84. The molecule has 4 rings (SSSR count). The average Bonchev–Trinajstić information content (AvgIpc) is 3.29. The summed E-state index contributed by atoms with van der Waals surface area (Å²) < 4.78 is 13.3. The number of para-hydroxylation sites is 1. The quantitative estimate of drug-likeness (QED) is 0.535. The standard InChI is InChI=1S/C23H23N3O3/c1-14-12-18(16(3)26(14)21-10-5-6-11-24-21)23(27)25-15(2)20-13-17-8-7-9-19(28-4)22(17)29-20/h5-13,15H,1-4H3,(H,25,27). The minimum Gasteiger partial charge on any atom is -0.493 e. The minimum absolute atomic E-state index is 0.153. The fourth-order valence-corrected chi connectivity index (χ4v) is 3.61. The van der Waals surface area contributed by atoms with Crippen LogP contribution in [0.25, 0.3) is 16.8 Å². The summed E-state index contributed by atoms with van der Waals surface area (Å²) in [4.78, 5) is 17.4. The van der Waals surface area contributed by atoms with Crippen molar-refractivity contribution >= 4 is 16.9 Å². The van der Waals surface area contributed by atoms with Gasteiger partial charge in [-0.3, -0.25) is 4.79 Å². The summed E-state index contributed by atoms with van der Waals surface area (Å²) in [7, 11) is 1.61. The molecule has 0 saturated carbocycles. The highest BCUT2D eigenvalue weighted by molar-refractivity contribution is 5.96. The van der Waals surface area contributed by atoms with Gasteiger partial charge in [-0.05, 0) is 51.1 Å². The number of benzene rings is 1. The monoisotopic (exact) mass is 389 g/mol. The number of ether oxygens (including phenoxy) is 1. The summed E-state index contributed by atoms with van der Waals surface area (Å²) in [5.41, 5.74) is 3.10. The highest BCUT2D eigenvalue weighted by Gasteiger charge is 2.21. The van der Waals surface area contributed by atoms with Crippen molar-refractivity contribution in [3.8, 4) is 11.6 Å². The first-order valence-electron chi connectivity index (χ1n) is 9.47.